The lowest BCUT2D eigenvalue weighted by Crippen LogP contribution is -2.13. The molecule has 146 valence electrons. The molecule has 0 fully saturated rings. The molecule has 28 heavy (non-hydrogen) atoms. The van der Waals surface area contributed by atoms with E-state index in [4.69, 9.17) is 25.6 Å². The monoisotopic (exact) mass is 417 g/mol. The second-order valence-corrected chi connectivity index (χ2v) is 7.43. The number of esters is 1. The van der Waals surface area contributed by atoms with Gasteiger partial charge in [-0.05, 0) is 38.1 Å². The number of aryl methyl sites for hydroxylation is 2. The summed E-state index contributed by atoms with van der Waals surface area (Å²) < 4.78 is 16.1. The Morgan fingerprint density at radius 3 is 2.61 bits per heavy atom. The van der Waals surface area contributed by atoms with Crippen LogP contribution in [0.1, 0.15) is 27.4 Å². The van der Waals surface area contributed by atoms with E-state index < -0.39 is 0 Å². The Labute approximate surface area is 173 Å². The van der Waals surface area contributed by atoms with Gasteiger partial charge in [-0.1, -0.05) is 41.0 Å². The number of para-hydroxylation sites is 1. The molecule has 0 radical (unpaired) electrons. The highest BCUT2D eigenvalue weighted by Crippen LogP contribution is 2.29. The molecule has 0 saturated heterocycles. The standard InChI is InChI=1S/C21H20ClNO4S/c1-14-17(15(2)27-23-14)13-28-20-10-6-3-7-16(20)21(24)26-12-11-25-19-9-5-4-8-18(19)22/h3-10H,11-13H2,1-2H3. The minimum absolute atomic E-state index is 0.132. The first kappa shape index (κ1) is 20.3. The Morgan fingerprint density at radius 1 is 1.11 bits per heavy atom. The first-order chi connectivity index (χ1) is 13.6. The Kier molecular flexibility index (Phi) is 7.01. The Hall–Kier alpha value is -2.44. The highest BCUT2D eigenvalue weighted by atomic mass is 35.5. The topological polar surface area (TPSA) is 61.6 Å². The van der Waals surface area contributed by atoms with E-state index in [9.17, 15) is 4.79 Å². The van der Waals surface area contributed by atoms with Gasteiger partial charge in [-0.25, -0.2) is 4.79 Å². The van der Waals surface area contributed by atoms with Crippen LogP contribution < -0.4 is 4.74 Å². The number of carbonyl (C=O) groups is 1. The molecule has 1 heterocycles. The third-order valence-electron chi connectivity index (χ3n) is 4.07. The maximum atomic E-state index is 12.5. The maximum Gasteiger partial charge on any atom is 0.339 e. The number of aromatic nitrogens is 1. The van der Waals surface area contributed by atoms with Crippen LogP contribution in [-0.2, 0) is 10.5 Å². The van der Waals surface area contributed by atoms with Gasteiger partial charge in [0, 0.05) is 16.2 Å². The number of nitrogens with zero attached hydrogens (tertiary/aromatic N) is 1. The van der Waals surface area contributed by atoms with Gasteiger partial charge in [-0.2, -0.15) is 0 Å². The second-order valence-electron chi connectivity index (χ2n) is 6.00. The average molecular weight is 418 g/mol. The van der Waals surface area contributed by atoms with Crippen LogP contribution in [0, 0.1) is 13.8 Å². The van der Waals surface area contributed by atoms with Crippen molar-refractivity contribution in [1.29, 1.82) is 0 Å². The second kappa shape index (κ2) is 9.66. The Morgan fingerprint density at radius 2 is 1.86 bits per heavy atom. The third kappa shape index (κ3) is 5.09. The van der Waals surface area contributed by atoms with Gasteiger partial charge in [0.1, 0.15) is 24.7 Å². The smallest absolute Gasteiger partial charge is 0.339 e. The summed E-state index contributed by atoms with van der Waals surface area (Å²) in [4.78, 5) is 13.3. The molecule has 0 bridgehead atoms. The summed E-state index contributed by atoms with van der Waals surface area (Å²) in [6.45, 7) is 4.15. The van der Waals surface area contributed by atoms with Crippen molar-refractivity contribution in [2.75, 3.05) is 13.2 Å². The Bertz CT molecular complexity index is 938. The molecule has 3 aromatic rings. The van der Waals surface area contributed by atoms with Crippen molar-refractivity contribution >= 4 is 29.3 Å². The van der Waals surface area contributed by atoms with Crippen LogP contribution in [-0.4, -0.2) is 24.3 Å². The third-order valence-corrected chi connectivity index (χ3v) is 5.48. The zero-order valence-corrected chi connectivity index (χ0v) is 17.2. The van der Waals surface area contributed by atoms with Crippen molar-refractivity contribution in [2.45, 2.75) is 24.5 Å². The normalized spacial score (nSPS) is 10.7. The fraction of sp³-hybridized carbons (Fsp3) is 0.238. The van der Waals surface area contributed by atoms with E-state index in [0.29, 0.717) is 22.1 Å². The molecule has 0 unspecified atom stereocenters. The molecular weight excluding hydrogens is 398 g/mol. The van der Waals surface area contributed by atoms with E-state index in [0.717, 1.165) is 21.9 Å². The summed E-state index contributed by atoms with van der Waals surface area (Å²) >= 11 is 7.58. The molecule has 2 aromatic carbocycles. The molecule has 0 amide bonds. The van der Waals surface area contributed by atoms with Crippen molar-refractivity contribution in [3.63, 3.8) is 0 Å². The molecule has 7 heteroatoms. The van der Waals surface area contributed by atoms with Crippen molar-refractivity contribution in [1.82, 2.24) is 5.16 Å². The number of hydrogen-bond donors (Lipinski definition) is 0. The number of carbonyl (C=O) groups excluding carboxylic acids is 1. The minimum Gasteiger partial charge on any atom is -0.488 e. The molecule has 0 aliphatic carbocycles. The molecule has 0 spiro atoms. The highest BCUT2D eigenvalue weighted by Gasteiger charge is 2.15. The van der Waals surface area contributed by atoms with Gasteiger partial charge in [0.05, 0.1) is 16.3 Å². The molecule has 1 aromatic heterocycles. The van der Waals surface area contributed by atoms with Gasteiger partial charge in [-0.3, -0.25) is 0 Å². The minimum atomic E-state index is -0.385. The summed E-state index contributed by atoms with van der Waals surface area (Å²) in [5.41, 5.74) is 2.43. The molecule has 0 aliphatic rings. The summed E-state index contributed by atoms with van der Waals surface area (Å²) in [7, 11) is 0. The lowest BCUT2D eigenvalue weighted by Gasteiger charge is -2.11. The lowest BCUT2D eigenvalue weighted by atomic mass is 10.2. The van der Waals surface area contributed by atoms with Crippen LogP contribution in [0.2, 0.25) is 5.02 Å². The number of rotatable bonds is 8. The van der Waals surface area contributed by atoms with Gasteiger partial charge < -0.3 is 14.0 Å². The maximum absolute atomic E-state index is 12.5. The zero-order valence-electron chi connectivity index (χ0n) is 15.6. The van der Waals surface area contributed by atoms with E-state index >= 15 is 0 Å². The van der Waals surface area contributed by atoms with Crippen molar-refractivity contribution in [3.05, 3.63) is 76.1 Å². The van der Waals surface area contributed by atoms with Gasteiger partial charge in [-0.15, -0.1) is 11.8 Å². The summed E-state index contributed by atoms with van der Waals surface area (Å²) in [6, 6.07) is 14.5. The number of benzene rings is 2. The van der Waals surface area contributed by atoms with Crippen molar-refractivity contribution < 1.29 is 18.8 Å². The van der Waals surface area contributed by atoms with Crippen LogP contribution in [0.3, 0.4) is 0 Å². The zero-order chi connectivity index (χ0) is 19.9. The number of ether oxygens (including phenoxy) is 2. The van der Waals surface area contributed by atoms with Crippen LogP contribution in [0.4, 0.5) is 0 Å². The molecule has 0 N–H and O–H groups in total. The molecule has 0 atom stereocenters. The molecule has 5 nitrogen and oxygen atoms in total. The van der Waals surface area contributed by atoms with Crippen LogP contribution in [0.5, 0.6) is 5.75 Å². The van der Waals surface area contributed by atoms with E-state index in [2.05, 4.69) is 5.16 Å². The summed E-state index contributed by atoms with van der Waals surface area (Å²) in [5.74, 6) is 1.64. The SMILES string of the molecule is Cc1noc(C)c1CSc1ccccc1C(=O)OCCOc1ccccc1Cl. The van der Waals surface area contributed by atoms with Crippen LogP contribution in [0.15, 0.2) is 57.9 Å². The fourth-order valence-corrected chi connectivity index (χ4v) is 3.93. The van der Waals surface area contributed by atoms with Gasteiger partial charge in [0.2, 0.25) is 0 Å². The van der Waals surface area contributed by atoms with Gasteiger partial charge in [0.25, 0.3) is 0 Å². The van der Waals surface area contributed by atoms with Crippen molar-refractivity contribution in [3.8, 4) is 5.75 Å². The van der Waals surface area contributed by atoms with Crippen LogP contribution in [0.25, 0.3) is 0 Å². The van der Waals surface area contributed by atoms with E-state index in [1.165, 1.54) is 0 Å². The lowest BCUT2D eigenvalue weighted by molar-refractivity contribution is 0.0446. The fourth-order valence-electron chi connectivity index (χ4n) is 2.54. The first-order valence-electron chi connectivity index (χ1n) is 8.74. The molecule has 0 aliphatic heterocycles. The predicted octanol–water partition coefficient (Wildman–Crippen LogP) is 5.47. The first-order valence-corrected chi connectivity index (χ1v) is 10.1. The average Bonchev–Trinajstić information content (AvgIpc) is 3.02. The number of thioether (sulfide) groups is 1. The number of hydrogen-bond acceptors (Lipinski definition) is 6. The molecule has 0 saturated carbocycles. The summed E-state index contributed by atoms with van der Waals surface area (Å²) in [5, 5.41) is 4.49. The van der Waals surface area contributed by atoms with Crippen molar-refractivity contribution in [2.24, 2.45) is 0 Å². The molecular formula is C21H20ClNO4S. The largest absolute Gasteiger partial charge is 0.488 e. The number of halogens is 1. The summed E-state index contributed by atoms with van der Waals surface area (Å²) in [6.07, 6.45) is 0. The van der Waals surface area contributed by atoms with Gasteiger partial charge >= 0.3 is 5.97 Å². The van der Waals surface area contributed by atoms with E-state index in [-0.39, 0.29) is 19.2 Å². The van der Waals surface area contributed by atoms with Gasteiger partial charge in [0.15, 0.2) is 0 Å². The Balaban J connectivity index is 1.56. The highest BCUT2D eigenvalue weighted by molar-refractivity contribution is 7.98. The van der Waals surface area contributed by atoms with E-state index in [1.807, 2.05) is 44.2 Å². The van der Waals surface area contributed by atoms with Crippen LogP contribution >= 0.6 is 23.4 Å². The predicted molar refractivity (Wildman–Crippen MR) is 109 cm³/mol. The molecule has 3 rings (SSSR count). The van der Waals surface area contributed by atoms with E-state index in [1.54, 1.807) is 30.0 Å². The quantitative estimate of drug-likeness (QED) is 0.275.